The van der Waals surface area contributed by atoms with Gasteiger partial charge in [0.2, 0.25) is 0 Å². The topological polar surface area (TPSA) is 54.2 Å². The van der Waals surface area contributed by atoms with Gasteiger partial charge in [0.25, 0.3) is 0 Å². The fraction of sp³-hybridized carbons (Fsp3) is 0.750. The van der Waals surface area contributed by atoms with E-state index in [-0.39, 0.29) is 0 Å². The van der Waals surface area contributed by atoms with Gasteiger partial charge < -0.3 is 15.2 Å². The summed E-state index contributed by atoms with van der Waals surface area (Å²) in [5.41, 5.74) is 1.09. The Hall–Kier alpha value is -1.17. The lowest BCUT2D eigenvalue weighted by Gasteiger charge is -2.14. The van der Waals surface area contributed by atoms with Crippen LogP contribution in [0.5, 0.6) is 0 Å². The molecule has 5 nitrogen and oxygen atoms in total. The maximum atomic E-state index is 4.72. The number of aryl methyl sites for hydroxylation is 2. The first-order valence-electron chi connectivity index (χ1n) is 8.54. The number of nitrogens with zero attached hydrogens (tertiary/aromatic N) is 3. The zero-order valence-electron chi connectivity index (χ0n) is 13.5. The first kappa shape index (κ1) is 15.7. The quantitative estimate of drug-likeness (QED) is 0.645. The Kier molecular flexibility index (Phi) is 5.64. The molecule has 1 atom stereocenters. The molecule has 6 heteroatoms. The van der Waals surface area contributed by atoms with Crippen molar-refractivity contribution in [2.24, 2.45) is 4.99 Å². The van der Waals surface area contributed by atoms with Gasteiger partial charge in [-0.3, -0.25) is 0 Å². The molecule has 0 saturated carbocycles. The lowest BCUT2D eigenvalue weighted by atomic mass is 10.2. The van der Waals surface area contributed by atoms with Gasteiger partial charge in [0.1, 0.15) is 5.82 Å². The predicted molar refractivity (Wildman–Crippen MR) is 93.5 cm³/mol. The van der Waals surface area contributed by atoms with Crippen molar-refractivity contribution < 1.29 is 0 Å². The van der Waals surface area contributed by atoms with E-state index in [1.807, 2.05) is 0 Å². The molecule has 1 saturated heterocycles. The molecule has 1 fully saturated rings. The van der Waals surface area contributed by atoms with Crippen molar-refractivity contribution >= 4 is 17.7 Å². The zero-order valence-corrected chi connectivity index (χ0v) is 14.3. The van der Waals surface area contributed by atoms with Crippen LogP contribution in [-0.4, -0.2) is 39.6 Å². The molecule has 2 aliphatic rings. The van der Waals surface area contributed by atoms with Crippen LogP contribution in [0.25, 0.3) is 0 Å². The van der Waals surface area contributed by atoms with Crippen molar-refractivity contribution in [2.45, 2.75) is 57.4 Å². The minimum absolute atomic E-state index is 0.660. The first-order chi connectivity index (χ1) is 10.8. The van der Waals surface area contributed by atoms with Gasteiger partial charge >= 0.3 is 0 Å². The lowest BCUT2D eigenvalue weighted by Crippen LogP contribution is -2.40. The molecule has 0 bridgehead atoms. The van der Waals surface area contributed by atoms with Crippen LogP contribution in [0.3, 0.4) is 0 Å². The highest BCUT2D eigenvalue weighted by atomic mass is 32.2. The Morgan fingerprint density at radius 1 is 1.41 bits per heavy atom. The van der Waals surface area contributed by atoms with Crippen molar-refractivity contribution in [3.63, 3.8) is 0 Å². The highest BCUT2D eigenvalue weighted by Crippen LogP contribution is 2.25. The summed E-state index contributed by atoms with van der Waals surface area (Å²) >= 11 is 2.07. The van der Waals surface area contributed by atoms with Crippen molar-refractivity contribution in [2.75, 3.05) is 18.8 Å². The number of hydrogen-bond acceptors (Lipinski definition) is 3. The standard InChI is InChI=1S/C16H27N5S/c1-2-17-16(19-11-14-6-5-9-22-14)18-10-13-12-21-8-4-3-7-15(21)20-13/h12,14H,2-11H2,1H3,(H2,17,18,19). The third-order valence-electron chi connectivity index (χ3n) is 4.22. The highest BCUT2D eigenvalue weighted by molar-refractivity contribution is 8.00. The molecule has 2 N–H and O–H groups in total. The van der Waals surface area contributed by atoms with Crippen LogP contribution >= 0.6 is 11.8 Å². The Morgan fingerprint density at radius 3 is 3.14 bits per heavy atom. The third-order valence-corrected chi connectivity index (χ3v) is 5.62. The fourth-order valence-electron chi connectivity index (χ4n) is 3.07. The molecular formula is C16H27N5S. The van der Waals surface area contributed by atoms with E-state index >= 15 is 0 Å². The number of guanidine groups is 1. The van der Waals surface area contributed by atoms with E-state index in [0.717, 1.165) is 43.0 Å². The van der Waals surface area contributed by atoms with Crippen molar-refractivity contribution in [1.29, 1.82) is 0 Å². The van der Waals surface area contributed by atoms with Gasteiger partial charge in [-0.1, -0.05) is 0 Å². The summed E-state index contributed by atoms with van der Waals surface area (Å²) < 4.78 is 2.30. The molecule has 0 aliphatic carbocycles. The van der Waals surface area contributed by atoms with Crippen molar-refractivity contribution in [1.82, 2.24) is 20.2 Å². The second-order valence-electron chi connectivity index (χ2n) is 6.01. The summed E-state index contributed by atoms with van der Waals surface area (Å²) in [4.78, 5) is 9.41. The molecule has 3 rings (SSSR count). The van der Waals surface area contributed by atoms with E-state index in [9.17, 15) is 0 Å². The van der Waals surface area contributed by atoms with E-state index in [2.05, 4.69) is 40.1 Å². The van der Waals surface area contributed by atoms with Gasteiger partial charge in [-0.2, -0.15) is 11.8 Å². The Morgan fingerprint density at radius 2 is 2.36 bits per heavy atom. The Labute approximate surface area is 137 Å². The molecule has 0 radical (unpaired) electrons. The number of rotatable bonds is 5. The molecule has 3 heterocycles. The minimum atomic E-state index is 0.660. The van der Waals surface area contributed by atoms with Crippen LogP contribution < -0.4 is 10.6 Å². The summed E-state index contributed by atoms with van der Waals surface area (Å²) in [6, 6.07) is 0. The van der Waals surface area contributed by atoms with E-state index in [4.69, 9.17) is 9.98 Å². The molecule has 1 aromatic rings. The van der Waals surface area contributed by atoms with Crippen LogP contribution in [0.4, 0.5) is 0 Å². The van der Waals surface area contributed by atoms with Gasteiger partial charge in [-0.15, -0.1) is 0 Å². The molecule has 1 aromatic heterocycles. The van der Waals surface area contributed by atoms with E-state index in [1.54, 1.807) is 0 Å². The highest BCUT2D eigenvalue weighted by Gasteiger charge is 2.16. The smallest absolute Gasteiger partial charge is 0.191 e. The van der Waals surface area contributed by atoms with Crippen molar-refractivity contribution in [3.05, 3.63) is 17.7 Å². The lowest BCUT2D eigenvalue weighted by molar-refractivity contribution is 0.522. The summed E-state index contributed by atoms with van der Waals surface area (Å²) in [6.45, 7) is 5.78. The van der Waals surface area contributed by atoms with Gasteiger partial charge in [-0.25, -0.2) is 9.98 Å². The number of fused-ring (bicyclic) bond motifs is 1. The van der Waals surface area contributed by atoms with Crippen LogP contribution in [0.15, 0.2) is 11.2 Å². The van der Waals surface area contributed by atoms with Crippen molar-refractivity contribution in [3.8, 4) is 0 Å². The van der Waals surface area contributed by atoms with E-state index < -0.39 is 0 Å². The zero-order chi connectivity index (χ0) is 15.2. The van der Waals surface area contributed by atoms with Crippen LogP contribution in [0.1, 0.15) is 44.1 Å². The molecule has 1 unspecified atom stereocenters. The molecule has 0 aromatic carbocycles. The summed E-state index contributed by atoms with van der Waals surface area (Å²) in [5, 5.41) is 7.55. The first-order valence-corrected chi connectivity index (χ1v) is 9.58. The SMILES string of the molecule is CCNC(=NCc1cn2c(n1)CCCC2)NCC1CCCS1. The number of nitrogens with one attached hydrogen (secondary N) is 2. The molecule has 22 heavy (non-hydrogen) atoms. The maximum Gasteiger partial charge on any atom is 0.191 e. The summed E-state index contributed by atoms with van der Waals surface area (Å²) in [7, 11) is 0. The Balaban J connectivity index is 1.55. The number of aliphatic imine (C=N–C) groups is 1. The summed E-state index contributed by atoms with van der Waals surface area (Å²) in [5.74, 6) is 3.46. The second-order valence-corrected chi connectivity index (χ2v) is 7.42. The fourth-order valence-corrected chi connectivity index (χ4v) is 4.27. The van der Waals surface area contributed by atoms with E-state index in [1.165, 1.54) is 37.3 Å². The Bertz CT molecular complexity index is 481. The molecule has 2 aliphatic heterocycles. The third kappa shape index (κ3) is 4.18. The minimum Gasteiger partial charge on any atom is -0.357 e. The largest absolute Gasteiger partial charge is 0.357 e. The van der Waals surface area contributed by atoms with Crippen LogP contribution in [-0.2, 0) is 19.5 Å². The number of hydrogen-bond donors (Lipinski definition) is 2. The summed E-state index contributed by atoms with van der Waals surface area (Å²) in [6.07, 6.45) is 8.50. The number of thioether (sulfide) groups is 1. The molecule has 122 valence electrons. The monoisotopic (exact) mass is 321 g/mol. The molecule has 0 spiro atoms. The maximum absolute atomic E-state index is 4.72. The van der Waals surface area contributed by atoms with Gasteiger partial charge in [0, 0.05) is 37.5 Å². The van der Waals surface area contributed by atoms with Gasteiger partial charge in [-0.05, 0) is 38.4 Å². The predicted octanol–water partition coefficient (Wildman–Crippen LogP) is 2.17. The van der Waals surface area contributed by atoms with Crippen LogP contribution in [0, 0.1) is 0 Å². The second kappa shape index (κ2) is 7.90. The number of aromatic nitrogens is 2. The average molecular weight is 321 g/mol. The normalized spacial score (nSPS) is 21.7. The van der Waals surface area contributed by atoms with Crippen LogP contribution in [0.2, 0.25) is 0 Å². The average Bonchev–Trinajstić information content (AvgIpc) is 3.18. The van der Waals surface area contributed by atoms with Gasteiger partial charge in [0.05, 0.1) is 12.2 Å². The number of imidazole rings is 1. The van der Waals surface area contributed by atoms with E-state index in [0.29, 0.717) is 6.54 Å². The molecular weight excluding hydrogens is 294 g/mol. The molecule has 0 amide bonds. The van der Waals surface area contributed by atoms with Gasteiger partial charge in [0.15, 0.2) is 5.96 Å².